The van der Waals surface area contributed by atoms with Gasteiger partial charge in [0.25, 0.3) is 0 Å². The highest BCUT2D eigenvalue weighted by molar-refractivity contribution is 5.38. The number of piperazine rings is 1. The highest BCUT2D eigenvalue weighted by atomic mass is 15.5. The molecule has 0 N–H and O–H groups in total. The van der Waals surface area contributed by atoms with Crippen molar-refractivity contribution in [1.82, 2.24) is 30.1 Å². The van der Waals surface area contributed by atoms with E-state index in [2.05, 4.69) is 43.3 Å². The molecule has 0 aromatic carbocycles. The predicted octanol–water partition coefficient (Wildman–Crippen LogP) is 0.800. The minimum Gasteiger partial charge on any atom is -0.354 e. The normalized spacial score (nSPS) is 16.3. The Morgan fingerprint density at radius 2 is 2.00 bits per heavy atom. The molecule has 1 aliphatic rings. The van der Waals surface area contributed by atoms with E-state index in [4.69, 9.17) is 0 Å². The molecular weight excluding hydrogens is 266 g/mol. The Bertz CT molecular complexity index is 545. The lowest BCUT2D eigenvalue weighted by Crippen LogP contribution is -2.46. The molecule has 3 heterocycles. The summed E-state index contributed by atoms with van der Waals surface area (Å²) in [5.41, 5.74) is 0. The SMILES string of the molecule is CCCn1nnnc1CN1CCN(c2ccccn2)CC1. The lowest BCUT2D eigenvalue weighted by atomic mass is 10.3. The molecule has 0 atom stereocenters. The van der Waals surface area contributed by atoms with Crippen LogP contribution in [0.5, 0.6) is 0 Å². The van der Waals surface area contributed by atoms with Gasteiger partial charge in [-0.3, -0.25) is 4.90 Å². The fourth-order valence-corrected chi connectivity index (χ4v) is 2.60. The number of tetrazole rings is 1. The van der Waals surface area contributed by atoms with Gasteiger partial charge in [-0.1, -0.05) is 13.0 Å². The van der Waals surface area contributed by atoms with Crippen molar-refractivity contribution in [3.8, 4) is 0 Å². The second kappa shape index (κ2) is 6.62. The summed E-state index contributed by atoms with van der Waals surface area (Å²) in [5.74, 6) is 2.02. The molecular formula is C14H21N7. The fraction of sp³-hybridized carbons (Fsp3) is 0.571. The van der Waals surface area contributed by atoms with Gasteiger partial charge in [0, 0.05) is 38.9 Å². The number of aryl methyl sites for hydroxylation is 1. The zero-order valence-corrected chi connectivity index (χ0v) is 12.4. The Morgan fingerprint density at radius 3 is 2.71 bits per heavy atom. The van der Waals surface area contributed by atoms with Gasteiger partial charge in [-0.2, -0.15) is 0 Å². The quantitative estimate of drug-likeness (QED) is 0.810. The van der Waals surface area contributed by atoms with Gasteiger partial charge < -0.3 is 4.90 Å². The predicted molar refractivity (Wildman–Crippen MR) is 79.8 cm³/mol. The highest BCUT2D eigenvalue weighted by Crippen LogP contribution is 2.13. The average Bonchev–Trinajstić information content (AvgIpc) is 2.96. The van der Waals surface area contributed by atoms with E-state index >= 15 is 0 Å². The number of hydrogen-bond acceptors (Lipinski definition) is 6. The van der Waals surface area contributed by atoms with Crippen LogP contribution >= 0.6 is 0 Å². The summed E-state index contributed by atoms with van der Waals surface area (Å²) in [7, 11) is 0. The molecule has 0 radical (unpaired) electrons. The van der Waals surface area contributed by atoms with Gasteiger partial charge in [0.1, 0.15) is 5.82 Å². The molecule has 2 aromatic heterocycles. The van der Waals surface area contributed by atoms with Crippen molar-refractivity contribution < 1.29 is 0 Å². The maximum Gasteiger partial charge on any atom is 0.165 e. The molecule has 7 heteroatoms. The monoisotopic (exact) mass is 287 g/mol. The van der Waals surface area contributed by atoms with Crippen LogP contribution in [0.15, 0.2) is 24.4 Å². The minimum absolute atomic E-state index is 0.822. The minimum atomic E-state index is 0.822. The van der Waals surface area contributed by atoms with Crippen LogP contribution in [0.25, 0.3) is 0 Å². The Balaban J connectivity index is 1.55. The molecule has 0 aliphatic carbocycles. The van der Waals surface area contributed by atoms with Gasteiger partial charge in [-0.15, -0.1) is 5.10 Å². The van der Waals surface area contributed by atoms with E-state index in [1.807, 2.05) is 23.0 Å². The molecule has 2 aromatic rings. The highest BCUT2D eigenvalue weighted by Gasteiger charge is 2.19. The number of aromatic nitrogens is 5. The molecule has 112 valence electrons. The number of nitrogens with zero attached hydrogens (tertiary/aromatic N) is 7. The first kappa shape index (κ1) is 13.9. The molecule has 0 unspecified atom stereocenters. The van der Waals surface area contributed by atoms with Crippen LogP contribution < -0.4 is 4.90 Å². The van der Waals surface area contributed by atoms with Crippen LogP contribution in [-0.4, -0.2) is 56.3 Å². The van der Waals surface area contributed by atoms with Crippen molar-refractivity contribution in [1.29, 1.82) is 0 Å². The van der Waals surface area contributed by atoms with Crippen molar-refractivity contribution in [2.75, 3.05) is 31.1 Å². The second-order valence-electron chi connectivity index (χ2n) is 5.27. The van der Waals surface area contributed by atoms with Gasteiger partial charge in [-0.25, -0.2) is 9.67 Å². The lowest BCUT2D eigenvalue weighted by molar-refractivity contribution is 0.238. The molecule has 0 bridgehead atoms. The largest absolute Gasteiger partial charge is 0.354 e. The van der Waals surface area contributed by atoms with Gasteiger partial charge in [-0.05, 0) is 29.0 Å². The molecule has 0 spiro atoms. The van der Waals surface area contributed by atoms with Gasteiger partial charge in [0.15, 0.2) is 5.82 Å². The Kier molecular flexibility index (Phi) is 4.40. The number of rotatable bonds is 5. The van der Waals surface area contributed by atoms with Crippen molar-refractivity contribution in [2.45, 2.75) is 26.4 Å². The number of anilines is 1. The van der Waals surface area contributed by atoms with Crippen LogP contribution in [0.2, 0.25) is 0 Å². The summed E-state index contributed by atoms with van der Waals surface area (Å²) < 4.78 is 1.91. The zero-order valence-electron chi connectivity index (χ0n) is 12.4. The third kappa shape index (κ3) is 3.36. The van der Waals surface area contributed by atoms with Crippen LogP contribution in [0.4, 0.5) is 5.82 Å². The first-order chi connectivity index (χ1) is 10.4. The summed E-state index contributed by atoms with van der Waals surface area (Å²) in [6.45, 7) is 7.85. The maximum absolute atomic E-state index is 4.41. The fourth-order valence-electron chi connectivity index (χ4n) is 2.60. The van der Waals surface area contributed by atoms with Crippen LogP contribution in [0.1, 0.15) is 19.2 Å². The summed E-state index contributed by atoms with van der Waals surface area (Å²) in [6.07, 6.45) is 2.89. The van der Waals surface area contributed by atoms with E-state index in [-0.39, 0.29) is 0 Å². The van der Waals surface area contributed by atoms with Crippen molar-refractivity contribution >= 4 is 5.82 Å². The van der Waals surface area contributed by atoms with E-state index in [0.29, 0.717) is 0 Å². The number of hydrogen-bond donors (Lipinski definition) is 0. The van der Waals surface area contributed by atoms with Crippen molar-refractivity contribution in [2.24, 2.45) is 0 Å². The Labute approximate surface area is 124 Å². The molecule has 7 nitrogen and oxygen atoms in total. The van der Waals surface area contributed by atoms with Crippen LogP contribution in [0.3, 0.4) is 0 Å². The van der Waals surface area contributed by atoms with E-state index in [9.17, 15) is 0 Å². The van der Waals surface area contributed by atoms with Crippen LogP contribution in [-0.2, 0) is 13.1 Å². The first-order valence-electron chi connectivity index (χ1n) is 7.50. The second-order valence-corrected chi connectivity index (χ2v) is 5.27. The molecule has 1 saturated heterocycles. The summed E-state index contributed by atoms with van der Waals surface area (Å²) in [4.78, 5) is 9.14. The molecule has 1 aliphatic heterocycles. The van der Waals surface area contributed by atoms with Crippen molar-refractivity contribution in [3.63, 3.8) is 0 Å². The summed E-state index contributed by atoms with van der Waals surface area (Å²) in [6, 6.07) is 6.05. The van der Waals surface area contributed by atoms with E-state index < -0.39 is 0 Å². The smallest absolute Gasteiger partial charge is 0.165 e. The summed E-state index contributed by atoms with van der Waals surface area (Å²) >= 11 is 0. The van der Waals surface area contributed by atoms with E-state index in [0.717, 1.165) is 57.3 Å². The van der Waals surface area contributed by atoms with Gasteiger partial charge >= 0.3 is 0 Å². The average molecular weight is 287 g/mol. The topological polar surface area (TPSA) is 63.0 Å². The summed E-state index contributed by atoms with van der Waals surface area (Å²) in [5, 5.41) is 12.0. The van der Waals surface area contributed by atoms with E-state index in [1.54, 1.807) is 0 Å². The zero-order chi connectivity index (χ0) is 14.5. The van der Waals surface area contributed by atoms with E-state index in [1.165, 1.54) is 0 Å². The standard InChI is InChI=1S/C14H21N7/c1-2-7-21-14(16-17-18-21)12-19-8-10-20(11-9-19)13-5-3-4-6-15-13/h3-6H,2,7-12H2,1H3. The first-order valence-corrected chi connectivity index (χ1v) is 7.50. The third-order valence-electron chi connectivity index (χ3n) is 3.75. The van der Waals surface area contributed by atoms with Gasteiger partial charge in [0.2, 0.25) is 0 Å². The van der Waals surface area contributed by atoms with Gasteiger partial charge in [0.05, 0.1) is 6.54 Å². The molecule has 0 amide bonds. The molecule has 3 rings (SSSR count). The van der Waals surface area contributed by atoms with Crippen LogP contribution in [0, 0.1) is 0 Å². The maximum atomic E-state index is 4.41. The Hall–Kier alpha value is -2.02. The molecule has 0 saturated carbocycles. The lowest BCUT2D eigenvalue weighted by Gasteiger charge is -2.34. The Morgan fingerprint density at radius 1 is 1.14 bits per heavy atom. The third-order valence-corrected chi connectivity index (χ3v) is 3.75. The molecule has 1 fully saturated rings. The molecule has 21 heavy (non-hydrogen) atoms. The number of pyridine rings is 1. The van der Waals surface area contributed by atoms with Crippen molar-refractivity contribution in [3.05, 3.63) is 30.2 Å².